The second-order valence-corrected chi connectivity index (χ2v) is 5.24. The molecule has 7 nitrogen and oxygen atoms in total. The van der Waals surface area contributed by atoms with Crippen LogP contribution in [0, 0.1) is 0 Å². The van der Waals surface area contributed by atoms with Crippen LogP contribution >= 0.6 is 12.4 Å². The Morgan fingerprint density at radius 3 is 2.67 bits per heavy atom. The summed E-state index contributed by atoms with van der Waals surface area (Å²) in [7, 11) is 0. The Balaban J connectivity index is 0.00000288. The first kappa shape index (κ1) is 20.2. The Morgan fingerprint density at radius 1 is 1.29 bits per heavy atom. The molecule has 134 valence electrons. The van der Waals surface area contributed by atoms with Crippen molar-refractivity contribution in [1.29, 1.82) is 0 Å². The summed E-state index contributed by atoms with van der Waals surface area (Å²) in [6, 6.07) is 6.99. The summed E-state index contributed by atoms with van der Waals surface area (Å²) < 4.78 is 10.7. The molecule has 24 heavy (non-hydrogen) atoms. The van der Waals surface area contributed by atoms with Gasteiger partial charge in [-0.05, 0) is 31.2 Å². The third kappa shape index (κ3) is 7.16. The van der Waals surface area contributed by atoms with E-state index in [0.717, 1.165) is 6.54 Å². The fraction of sp³-hybridized carbons (Fsp3) is 0.500. The van der Waals surface area contributed by atoms with Gasteiger partial charge in [-0.3, -0.25) is 9.59 Å². The molecule has 0 saturated carbocycles. The lowest BCUT2D eigenvalue weighted by atomic mass is 10.2. The highest BCUT2D eigenvalue weighted by atomic mass is 35.5. The monoisotopic (exact) mass is 357 g/mol. The van der Waals surface area contributed by atoms with Gasteiger partial charge in [-0.1, -0.05) is 0 Å². The predicted molar refractivity (Wildman–Crippen MR) is 93.7 cm³/mol. The van der Waals surface area contributed by atoms with Gasteiger partial charge in [-0.2, -0.15) is 0 Å². The summed E-state index contributed by atoms with van der Waals surface area (Å²) in [6.45, 7) is 4.43. The molecule has 1 fully saturated rings. The number of anilines is 1. The second-order valence-electron chi connectivity index (χ2n) is 5.24. The summed E-state index contributed by atoms with van der Waals surface area (Å²) >= 11 is 0. The van der Waals surface area contributed by atoms with Gasteiger partial charge in [-0.15, -0.1) is 12.4 Å². The Labute approximate surface area is 147 Å². The molecule has 1 unspecified atom stereocenters. The number of halogens is 1. The average Bonchev–Trinajstić information content (AvgIpc) is 2.55. The number of likely N-dealkylation sites (N-methyl/N-ethyl adjacent to an activating group) is 1. The number of hydrogen-bond donors (Lipinski definition) is 3. The summed E-state index contributed by atoms with van der Waals surface area (Å²) in [5, 5.41) is 8.73. The molecule has 2 amide bonds. The largest absolute Gasteiger partial charge is 0.484 e. The molecule has 0 bridgehead atoms. The third-order valence-corrected chi connectivity index (χ3v) is 3.31. The summed E-state index contributed by atoms with van der Waals surface area (Å²) in [5.41, 5.74) is 0.692. The second kappa shape index (κ2) is 10.9. The molecule has 1 aliphatic heterocycles. The number of carbonyl (C=O) groups is 2. The smallest absolute Gasteiger partial charge is 0.257 e. The maximum atomic E-state index is 12.0. The normalized spacial score (nSPS) is 16.6. The number of rotatable bonds is 7. The molecule has 8 heteroatoms. The Bertz CT molecular complexity index is 519. The van der Waals surface area contributed by atoms with Crippen molar-refractivity contribution in [3.05, 3.63) is 24.3 Å². The van der Waals surface area contributed by atoms with Gasteiger partial charge in [0.25, 0.3) is 5.91 Å². The first-order valence-electron chi connectivity index (χ1n) is 7.78. The summed E-state index contributed by atoms with van der Waals surface area (Å²) in [6.07, 6.45) is 0.370. The summed E-state index contributed by atoms with van der Waals surface area (Å²) in [5.74, 6) is 0.354. The molecule has 0 radical (unpaired) electrons. The number of carbonyl (C=O) groups excluding carboxylic acids is 2. The number of amides is 2. The van der Waals surface area contributed by atoms with E-state index in [-0.39, 0.29) is 36.9 Å². The molecule has 1 saturated heterocycles. The number of benzene rings is 1. The van der Waals surface area contributed by atoms with E-state index in [1.807, 2.05) is 6.92 Å². The average molecular weight is 358 g/mol. The predicted octanol–water partition coefficient (Wildman–Crippen LogP) is 0.940. The van der Waals surface area contributed by atoms with E-state index in [9.17, 15) is 9.59 Å². The van der Waals surface area contributed by atoms with Gasteiger partial charge in [-0.25, -0.2) is 0 Å². The third-order valence-electron chi connectivity index (χ3n) is 3.31. The molecule has 1 aromatic rings. The molecule has 1 aromatic carbocycles. The van der Waals surface area contributed by atoms with Gasteiger partial charge in [0.2, 0.25) is 5.91 Å². The first-order valence-corrected chi connectivity index (χ1v) is 7.78. The molecule has 2 rings (SSSR count). The van der Waals surface area contributed by atoms with Crippen molar-refractivity contribution >= 4 is 29.9 Å². The van der Waals surface area contributed by atoms with Gasteiger partial charge >= 0.3 is 0 Å². The van der Waals surface area contributed by atoms with Crippen LogP contribution in [-0.4, -0.2) is 50.8 Å². The number of ether oxygens (including phenoxy) is 2. The van der Waals surface area contributed by atoms with Crippen LogP contribution in [0.15, 0.2) is 24.3 Å². The summed E-state index contributed by atoms with van der Waals surface area (Å²) in [4.78, 5) is 23.3. The van der Waals surface area contributed by atoms with E-state index >= 15 is 0 Å². The van der Waals surface area contributed by atoms with Crippen molar-refractivity contribution in [2.75, 3.05) is 38.2 Å². The highest BCUT2D eigenvalue weighted by molar-refractivity contribution is 5.91. The fourth-order valence-corrected chi connectivity index (χ4v) is 2.22. The van der Waals surface area contributed by atoms with E-state index in [1.165, 1.54) is 0 Å². The molecule has 1 aliphatic rings. The standard InChI is InChI=1S/C16H23N3O4.ClH/c1-2-17-16(21)11-23-14-5-3-12(4-6-14)19-15(20)9-13-10-22-8-7-18-13;/h3-6,13,18H,2,7-11H2,1H3,(H,17,21)(H,19,20);1H. The molecule has 1 heterocycles. The van der Waals surface area contributed by atoms with Crippen molar-refractivity contribution in [3.63, 3.8) is 0 Å². The fourth-order valence-electron chi connectivity index (χ4n) is 2.22. The minimum Gasteiger partial charge on any atom is -0.484 e. The van der Waals surface area contributed by atoms with Gasteiger partial charge in [0.15, 0.2) is 6.61 Å². The molecular weight excluding hydrogens is 334 g/mol. The van der Waals surface area contributed by atoms with Crippen molar-refractivity contribution in [3.8, 4) is 5.75 Å². The maximum absolute atomic E-state index is 12.0. The van der Waals surface area contributed by atoms with E-state index in [0.29, 0.717) is 37.6 Å². The van der Waals surface area contributed by atoms with Crippen molar-refractivity contribution < 1.29 is 19.1 Å². The minimum atomic E-state index is -0.160. The van der Waals surface area contributed by atoms with Crippen LogP contribution in [0.3, 0.4) is 0 Å². The quantitative estimate of drug-likeness (QED) is 0.676. The van der Waals surface area contributed by atoms with Crippen LogP contribution in [0.5, 0.6) is 5.75 Å². The van der Waals surface area contributed by atoms with Crippen LogP contribution in [-0.2, 0) is 14.3 Å². The topological polar surface area (TPSA) is 88.7 Å². The van der Waals surface area contributed by atoms with Crippen LogP contribution in [0.4, 0.5) is 5.69 Å². The van der Waals surface area contributed by atoms with Gasteiger partial charge in [0, 0.05) is 31.2 Å². The first-order chi connectivity index (χ1) is 11.2. The van der Waals surface area contributed by atoms with E-state index in [4.69, 9.17) is 9.47 Å². The zero-order chi connectivity index (χ0) is 16.5. The molecule has 1 atom stereocenters. The minimum absolute atomic E-state index is 0. The molecule has 0 spiro atoms. The van der Waals surface area contributed by atoms with Gasteiger partial charge in [0.05, 0.1) is 13.2 Å². The van der Waals surface area contributed by atoms with Crippen LogP contribution in [0.2, 0.25) is 0 Å². The lowest BCUT2D eigenvalue weighted by Gasteiger charge is -2.23. The zero-order valence-corrected chi connectivity index (χ0v) is 14.5. The van der Waals surface area contributed by atoms with Crippen molar-refractivity contribution in [2.24, 2.45) is 0 Å². The van der Waals surface area contributed by atoms with E-state index < -0.39 is 0 Å². The Kier molecular flexibility index (Phi) is 9.14. The zero-order valence-electron chi connectivity index (χ0n) is 13.7. The Hall–Kier alpha value is -1.83. The SMILES string of the molecule is CCNC(=O)COc1ccc(NC(=O)CC2COCCN2)cc1.Cl. The molecule has 0 aromatic heterocycles. The van der Waals surface area contributed by atoms with Gasteiger partial charge < -0.3 is 25.4 Å². The maximum Gasteiger partial charge on any atom is 0.257 e. The Morgan fingerprint density at radius 2 is 2.04 bits per heavy atom. The number of hydrogen-bond acceptors (Lipinski definition) is 5. The van der Waals surface area contributed by atoms with Crippen LogP contribution in [0.25, 0.3) is 0 Å². The van der Waals surface area contributed by atoms with Crippen molar-refractivity contribution in [1.82, 2.24) is 10.6 Å². The molecule has 3 N–H and O–H groups in total. The van der Waals surface area contributed by atoms with Crippen LogP contribution < -0.4 is 20.7 Å². The molecular formula is C16H24ClN3O4. The van der Waals surface area contributed by atoms with E-state index in [2.05, 4.69) is 16.0 Å². The lowest BCUT2D eigenvalue weighted by Crippen LogP contribution is -2.43. The molecule has 0 aliphatic carbocycles. The van der Waals surface area contributed by atoms with Gasteiger partial charge in [0.1, 0.15) is 5.75 Å². The van der Waals surface area contributed by atoms with Crippen LogP contribution in [0.1, 0.15) is 13.3 Å². The number of morpholine rings is 1. The van der Waals surface area contributed by atoms with E-state index in [1.54, 1.807) is 24.3 Å². The highest BCUT2D eigenvalue weighted by Gasteiger charge is 2.16. The lowest BCUT2D eigenvalue weighted by molar-refractivity contribution is -0.123. The number of nitrogens with one attached hydrogen (secondary N) is 3. The van der Waals surface area contributed by atoms with Crippen molar-refractivity contribution in [2.45, 2.75) is 19.4 Å². The highest BCUT2D eigenvalue weighted by Crippen LogP contribution is 2.16.